The zero-order valence-electron chi connectivity index (χ0n) is 11.8. The van der Waals surface area contributed by atoms with Gasteiger partial charge in [0.2, 0.25) is 5.95 Å². The summed E-state index contributed by atoms with van der Waals surface area (Å²) >= 11 is 0. The second kappa shape index (κ2) is 5.99. The lowest BCUT2D eigenvalue weighted by Gasteiger charge is -2.31. The van der Waals surface area contributed by atoms with Crippen LogP contribution in [0, 0.1) is 19.8 Å². The van der Waals surface area contributed by atoms with Gasteiger partial charge in [0, 0.05) is 24.5 Å². The van der Waals surface area contributed by atoms with E-state index in [1.54, 1.807) is 0 Å². The van der Waals surface area contributed by atoms with E-state index < -0.39 is 0 Å². The van der Waals surface area contributed by atoms with Crippen molar-refractivity contribution in [2.45, 2.75) is 33.6 Å². The number of anilines is 1. The number of esters is 1. The van der Waals surface area contributed by atoms with Gasteiger partial charge in [-0.05, 0) is 39.7 Å². The molecule has 0 saturated carbocycles. The Bertz CT molecular complexity index is 434. The Morgan fingerprint density at radius 3 is 2.42 bits per heavy atom. The van der Waals surface area contributed by atoms with E-state index in [2.05, 4.69) is 14.9 Å². The SMILES string of the molecule is CCOC(=O)C1CCN(c2nc(C)cc(C)n2)CC1. The molecule has 1 aliphatic rings. The number of hydrogen-bond acceptors (Lipinski definition) is 5. The summed E-state index contributed by atoms with van der Waals surface area (Å²) in [4.78, 5) is 22.8. The molecule has 0 amide bonds. The fourth-order valence-electron chi connectivity index (χ4n) is 2.42. The van der Waals surface area contributed by atoms with Crippen LogP contribution in [0.1, 0.15) is 31.2 Å². The van der Waals surface area contributed by atoms with Gasteiger partial charge < -0.3 is 9.64 Å². The molecule has 5 heteroatoms. The van der Waals surface area contributed by atoms with Gasteiger partial charge in [-0.2, -0.15) is 0 Å². The lowest BCUT2D eigenvalue weighted by molar-refractivity contribution is -0.148. The molecule has 0 spiro atoms. The van der Waals surface area contributed by atoms with E-state index >= 15 is 0 Å². The van der Waals surface area contributed by atoms with Crippen LogP contribution in [-0.4, -0.2) is 35.6 Å². The van der Waals surface area contributed by atoms with Gasteiger partial charge in [0.15, 0.2) is 0 Å². The number of piperidine rings is 1. The molecule has 0 aromatic carbocycles. The zero-order valence-corrected chi connectivity index (χ0v) is 11.8. The average molecular weight is 263 g/mol. The van der Waals surface area contributed by atoms with Crippen molar-refractivity contribution in [2.75, 3.05) is 24.6 Å². The molecule has 0 bridgehead atoms. The summed E-state index contributed by atoms with van der Waals surface area (Å²) in [6, 6.07) is 1.97. The molecule has 0 aliphatic carbocycles. The van der Waals surface area contributed by atoms with Crippen LogP contribution in [0.2, 0.25) is 0 Å². The van der Waals surface area contributed by atoms with Crippen LogP contribution in [0.15, 0.2) is 6.07 Å². The maximum absolute atomic E-state index is 11.7. The third-order valence-electron chi connectivity index (χ3n) is 3.37. The minimum absolute atomic E-state index is 0.0297. The molecule has 0 atom stereocenters. The number of carbonyl (C=O) groups excluding carboxylic acids is 1. The highest BCUT2D eigenvalue weighted by Gasteiger charge is 2.27. The first-order chi connectivity index (χ1) is 9.10. The van der Waals surface area contributed by atoms with Crippen LogP contribution in [0.4, 0.5) is 5.95 Å². The molecular weight excluding hydrogens is 242 g/mol. The molecule has 19 heavy (non-hydrogen) atoms. The first-order valence-corrected chi connectivity index (χ1v) is 6.84. The van der Waals surface area contributed by atoms with E-state index in [-0.39, 0.29) is 11.9 Å². The minimum atomic E-state index is -0.0662. The lowest BCUT2D eigenvalue weighted by atomic mass is 9.97. The Balaban J connectivity index is 1.97. The van der Waals surface area contributed by atoms with Crippen molar-refractivity contribution in [2.24, 2.45) is 5.92 Å². The van der Waals surface area contributed by atoms with Gasteiger partial charge in [-0.15, -0.1) is 0 Å². The maximum atomic E-state index is 11.7. The number of rotatable bonds is 3. The molecular formula is C14H21N3O2. The van der Waals surface area contributed by atoms with Crippen LogP contribution in [0.5, 0.6) is 0 Å². The molecule has 2 heterocycles. The molecule has 2 rings (SSSR count). The van der Waals surface area contributed by atoms with Crippen molar-refractivity contribution >= 4 is 11.9 Å². The van der Waals surface area contributed by atoms with E-state index in [1.807, 2.05) is 26.8 Å². The van der Waals surface area contributed by atoms with Crippen molar-refractivity contribution in [3.63, 3.8) is 0 Å². The van der Waals surface area contributed by atoms with E-state index in [4.69, 9.17) is 4.74 Å². The van der Waals surface area contributed by atoms with Crippen LogP contribution in [-0.2, 0) is 9.53 Å². The molecule has 0 unspecified atom stereocenters. The van der Waals surface area contributed by atoms with Gasteiger partial charge in [0.1, 0.15) is 0 Å². The summed E-state index contributed by atoms with van der Waals surface area (Å²) in [5.74, 6) is 0.741. The van der Waals surface area contributed by atoms with Crippen molar-refractivity contribution in [1.29, 1.82) is 0 Å². The Morgan fingerprint density at radius 2 is 1.89 bits per heavy atom. The Hall–Kier alpha value is -1.65. The van der Waals surface area contributed by atoms with E-state index in [9.17, 15) is 4.79 Å². The van der Waals surface area contributed by atoms with E-state index in [1.165, 1.54) is 0 Å². The second-order valence-electron chi connectivity index (χ2n) is 4.96. The zero-order chi connectivity index (χ0) is 13.8. The molecule has 5 nitrogen and oxygen atoms in total. The Labute approximate surface area is 114 Å². The van der Waals surface area contributed by atoms with Crippen molar-refractivity contribution in [3.8, 4) is 0 Å². The quantitative estimate of drug-likeness (QED) is 0.779. The summed E-state index contributed by atoms with van der Waals surface area (Å²) < 4.78 is 5.07. The number of hydrogen-bond donors (Lipinski definition) is 0. The molecule has 1 fully saturated rings. The summed E-state index contributed by atoms with van der Waals surface area (Å²) in [5.41, 5.74) is 1.96. The highest BCUT2D eigenvalue weighted by molar-refractivity contribution is 5.72. The topological polar surface area (TPSA) is 55.3 Å². The van der Waals surface area contributed by atoms with Gasteiger partial charge >= 0.3 is 5.97 Å². The third-order valence-corrected chi connectivity index (χ3v) is 3.37. The Morgan fingerprint density at radius 1 is 1.32 bits per heavy atom. The summed E-state index contributed by atoms with van der Waals surface area (Å²) in [5, 5.41) is 0. The summed E-state index contributed by atoms with van der Waals surface area (Å²) in [7, 11) is 0. The van der Waals surface area contributed by atoms with Crippen molar-refractivity contribution < 1.29 is 9.53 Å². The number of nitrogens with zero attached hydrogens (tertiary/aromatic N) is 3. The maximum Gasteiger partial charge on any atom is 0.309 e. The molecule has 0 N–H and O–H groups in total. The van der Waals surface area contributed by atoms with E-state index in [0.717, 1.165) is 43.3 Å². The predicted molar refractivity (Wildman–Crippen MR) is 73.1 cm³/mol. The normalized spacial score (nSPS) is 16.5. The van der Waals surface area contributed by atoms with Crippen LogP contribution in [0.25, 0.3) is 0 Å². The molecule has 104 valence electrons. The van der Waals surface area contributed by atoms with Crippen LogP contribution < -0.4 is 4.90 Å². The fraction of sp³-hybridized carbons (Fsp3) is 0.643. The first-order valence-electron chi connectivity index (χ1n) is 6.84. The second-order valence-corrected chi connectivity index (χ2v) is 4.96. The molecule has 1 saturated heterocycles. The standard InChI is InChI=1S/C14H21N3O2/c1-4-19-13(18)12-5-7-17(8-6-12)14-15-10(2)9-11(3)16-14/h9,12H,4-8H2,1-3H3. The van der Waals surface area contributed by atoms with Gasteiger partial charge in [-0.25, -0.2) is 9.97 Å². The molecule has 1 aromatic heterocycles. The number of ether oxygens (including phenoxy) is 1. The van der Waals surface area contributed by atoms with Crippen molar-refractivity contribution in [1.82, 2.24) is 9.97 Å². The van der Waals surface area contributed by atoms with Gasteiger partial charge in [-0.1, -0.05) is 0 Å². The highest BCUT2D eigenvalue weighted by Crippen LogP contribution is 2.22. The number of carbonyl (C=O) groups is 1. The van der Waals surface area contributed by atoms with Crippen LogP contribution >= 0.6 is 0 Å². The van der Waals surface area contributed by atoms with Crippen LogP contribution in [0.3, 0.4) is 0 Å². The molecule has 1 aliphatic heterocycles. The highest BCUT2D eigenvalue weighted by atomic mass is 16.5. The Kier molecular flexibility index (Phi) is 4.35. The average Bonchev–Trinajstić information content (AvgIpc) is 2.38. The third kappa shape index (κ3) is 3.43. The lowest BCUT2D eigenvalue weighted by Crippen LogP contribution is -2.38. The number of aryl methyl sites for hydroxylation is 2. The molecule has 0 radical (unpaired) electrons. The first kappa shape index (κ1) is 13.8. The smallest absolute Gasteiger partial charge is 0.309 e. The summed E-state index contributed by atoms with van der Waals surface area (Å²) in [6.07, 6.45) is 1.63. The largest absolute Gasteiger partial charge is 0.466 e. The minimum Gasteiger partial charge on any atom is -0.466 e. The predicted octanol–water partition coefficient (Wildman–Crippen LogP) is 1.87. The van der Waals surface area contributed by atoms with Gasteiger partial charge in [0.25, 0.3) is 0 Å². The van der Waals surface area contributed by atoms with Gasteiger partial charge in [-0.3, -0.25) is 4.79 Å². The summed E-state index contributed by atoms with van der Waals surface area (Å²) in [6.45, 7) is 7.88. The van der Waals surface area contributed by atoms with Gasteiger partial charge in [0.05, 0.1) is 12.5 Å². The number of aromatic nitrogens is 2. The molecule has 1 aromatic rings. The van der Waals surface area contributed by atoms with E-state index in [0.29, 0.717) is 6.61 Å². The van der Waals surface area contributed by atoms with Crippen molar-refractivity contribution in [3.05, 3.63) is 17.5 Å². The monoisotopic (exact) mass is 263 g/mol. The fourth-order valence-corrected chi connectivity index (χ4v) is 2.42.